The molecule has 0 radical (unpaired) electrons. The van der Waals surface area contributed by atoms with E-state index in [0.29, 0.717) is 0 Å². The highest BCUT2D eigenvalue weighted by atomic mass is 13.9. The summed E-state index contributed by atoms with van der Waals surface area (Å²) < 4.78 is 0. The van der Waals surface area contributed by atoms with Crippen LogP contribution in [-0.2, 0) is 0 Å². The first kappa shape index (κ1) is 10.0. The van der Waals surface area contributed by atoms with Crippen LogP contribution in [0, 0.1) is 6.92 Å². The predicted molar refractivity (Wildman–Crippen MR) is 48.0 cm³/mol. The van der Waals surface area contributed by atoms with Crippen LogP contribution in [0.2, 0.25) is 0 Å². The lowest BCUT2D eigenvalue weighted by Crippen LogP contribution is -1.77. The molecular weight excluding hydrogens is 120 g/mol. The SMILES string of the molecule is [CH2-]CCCCCCCCC. The van der Waals surface area contributed by atoms with E-state index in [1.165, 1.54) is 44.9 Å². The van der Waals surface area contributed by atoms with Gasteiger partial charge in [-0.3, -0.25) is 0 Å². The fraction of sp³-hybridized carbons (Fsp3) is 0.900. The van der Waals surface area contributed by atoms with Gasteiger partial charge in [-0.05, 0) is 0 Å². The van der Waals surface area contributed by atoms with Gasteiger partial charge in [0, 0.05) is 0 Å². The molecule has 0 saturated heterocycles. The molecule has 0 nitrogen and oxygen atoms in total. The molecule has 0 fully saturated rings. The molecule has 0 aromatic heterocycles. The fourth-order valence-electron chi connectivity index (χ4n) is 1.13. The summed E-state index contributed by atoms with van der Waals surface area (Å²) in [6.45, 7) is 6.08. The maximum atomic E-state index is 3.82. The van der Waals surface area contributed by atoms with Crippen LogP contribution in [0.25, 0.3) is 0 Å². The molecule has 0 spiro atoms. The summed E-state index contributed by atoms with van der Waals surface area (Å²) in [5.41, 5.74) is 0. The Morgan fingerprint density at radius 2 is 1.30 bits per heavy atom. The lowest BCUT2D eigenvalue weighted by Gasteiger charge is -1.99. The molecule has 0 heteroatoms. The van der Waals surface area contributed by atoms with E-state index in [1.807, 2.05) is 0 Å². The second-order valence-electron chi connectivity index (χ2n) is 2.97. The Balaban J connectivity index is 2.65. The van der Waals surface area contributed by atoms with Crippen molar-refractivity contribution >= 4 is 0 Å². The Labute approximate surface area is 66.0 Å². The maximum Gasteiger partial charge on any atom is -0.0533 e. The highest BCUT2D eigenvalue weighted by molar-refractivity contribution is 4.45. The third kappa shape index (κ3) is 8.00. The maximum absolute atomic E-state index is 3.82. The van der Waals surface area contributed by atoms with Gasteiger partial charge in [-0.1, -0.05) is 51.9 Å². The third-order valence-electron chi connectivity index (χ3n) is 1.85. The van der Waals surface area contributed by atoms with Crippen molar-refractivity contribution in [2.24, 2.45) is 0 Å². The number of hydrogen-bond acceptors (Lipinski definition) is 0. The number of unbranched alkanes of at least 4 members (excludes halogenated alkanes) is 7. The Morgan fingerprint density at radius 1 is 0.800 bits per heavy atom. The molecule has 0 atom stereocenters. The monoisotopic (exact) mass is 141 g/mol. The smallest absolute Gasteiger partial charge is 0.0533 e. The largest absolute Gasteiger partial charge is 0.343 e. The van der Waals surface area contributed by atoms with Crippen LogP contribution in [0.4, 0.5) is 0 Å². The topological polar surface area (TPSA) is 0 Å². The molecule has 0 heterocycles. The quantitative estimate of drug-likeness (QED) is 0.372. The fourth-order valence-corrected chi connectivity index (χ4v) is 1.13. The molecule has 0 aliphatic rings. The zero-order valence-electron chi connectivity index (χ0n) is 7.36. The second kappa shape index (κ2) is 9.00. The molecule has 62 valence electrons. The minimum atomic E-state index is 1.12. The van der Waals surface area contributed by atoms with Crippen molar-refractivity contribution in [2.45, 2.75) is 58.3 Å². The molecule has 0 aliphatic heterocycles. The highest BCUT2D eigenvalue weighted by Crippen LogP contribution is 2.07. The minimum absolute atomic E-state index is 1.12. The molecule has 0 bridgehead atoms. The van der Waals surface area contributed by atoms with E-state index in [9.17, 15) is 0 Å². The summed E-state index contributed by atoms with van der Waals surface area (Å²) in [6, 6.07) is 0. The van der Waals surface area contributed by atoms with Gasteiger partial charge in [0.05, 0.1) is 0 Å². The van der Waals surface area contributed by atoms with E-state index in [2.05, 4.69) is 13.8 Å². The summed E-state index contributed by atoms with van der Waals surface area (Å²) in [6.07, 6.45) is 10.9. The van der Waals surface area contributed by atoms with E-state index < -0.39 is 0 Å². The summed E-state index contributed by atoms with van der Waals surface area (Å²) in [4.78, 5) is 0. The van der Waals surface area contributed by atoms with Crippen molar-refractivity contribution in [1.82, 2.24) is 0 Å². The van der Waals surface area contributed by atoms with Gasteiger partial charge in [0.25, 0.3) is 0 Å². The summed E-state index contributed by atoms with van der Waals surface area (Å²) in [7, 11) is 0. The van der Waals surface area contributed by atoms with Crippen LogP contribution in [0.3, 0.4) is 0 Å². The van der Waals surface area contributed by atoms with Gasteiger partial charge in [-0.2, -0.15) is 6.42 Å². The zero-order chi connectivity index (χ0) is 7.66. The van der Waals surface area contributed by atoms with Crippen LogP contribution in [-0.4, -0.2) is 0 Å². The molecule has 0 N–H and O–H groups in total. The first-order valence-electron chi connectivity index (χ1n) is 4.71. The molecule has 0 aliphatic carbocycles. The Morgan fingerprint density at radius 3 is 1.80 bits per heavy atom. The van der Waals surface area contributed by atoms with E-state index in [1.54, 1.807) is 0 Å². The summed E-state index contributed by atoms with van der Waals surface area (Å²) in [5, 5.41) is 0. The minimum Gasteiger partial charge on any atom is -0.343 e. The summed E-state index contributed by atoms with van der Waals surface area (Å²) in [5.74, 6) is 0. The lowest BCUT2D eigenvalue weighted by atomic mass is 10.1. The number of rotatable bonds is 7. The van der Waals surface area contributed by atoms with Crippen LogP contribution < -0.4 is 0 Å². The van der Waals surface area contributed by atoms with Crippen molar-refractivity contribution < 1.29 is 0 Å². The van der Waals surface area contributed by atoms with Crippen LogP contribution in [0.15, 0.2) is 0 Å². The Bertz CT molecular complexity index is 40.0. The van der Waals surface area contributed by atoms with E-state index in [4.69, 9.17) is 0 Å². The van der Waals surface area contributed by atoms with Crippen molar-refractivity contribution in [1.29, 1.82) is 0 Å². The standard InChI is InChI=1S/C10H21/c1-3-5-7-9-10-8-6-4-2/h1,3-10H2,2H3/q-1. The molecule has 10 heavy (non-hydrogen) atoms. The lowest BCUT2D eigenvalue weighted by molar-refractivity contribution is 0.592. The first-order chi connectivity index (χ1) is 4.91. The molecule has 0 amide bonds. The highest BCUT2D eigenvalue weighted by Gasteiger charge is 1.86. The van der Waals surface area contributed by atoms with Gasteiger partial charge < -0.3 is 6.92 Å². The van der Waals surface area contributed by atoms with Crippen LogP contribution in [0.5, 0.6) is 0 Å². The Kier molecular flexibility index (Phi) is 9.00. The van der Waals surface area contributed by atoms with E-state index in [-0.39, 0.29) is 0 Å². The first-order valence-corrected chi connectivity index (χ1v) is 4.71. The average Bonchev–Trinajstić information content (AvgIpc) is 1.97. The van der Waals surface area contributed by atoms with Crippen molar-refractivity contribution in [3.8, 4) is 0 Å². The molecule has 0 saturated carbocycles. The Hall–Kier alpha value is 0. The van der Waals surface area contributed by atoms with Crippen molar-refractivity contribution in [3.05, 3.63) is 6.92 Å². The molecule has 0 aromatic rings. The van der Waals surface area contributed by atoms with Crippen molar-refractivity contribution in [3.63, 3.8) is 0 Å². The van der Waals surface area contributed by atoms with Gasteiger partial charge in [0.15, 0.2) is 0 Å². The van der Waals surface area contributed by atoms with E-state index in [0.717, 1.165) is 6.42 Å². The van der Waals surface area contributed by atoms with Gasteiger partial charge in [0.1, 0.15) is 0 Å². The second-order valence-corrected chi connectivity index (χ2v) is 2.97. The van der Waals surface area contributed by atoms with Gasteiger partial charge >= 0.3 is 0 Å². The predicted octanol–water partition coefficient (Wildman–Crippen LogP) is 3.96. The number of hydrogen-bond donors (Lipinski definition) is 0. The van der Waals surface area contributed by atoms with E-state index >= 15 is 0 Å². The van der Waals surface area contributed by atoms with Gasteiger partial charge in [-0.25, -0.2) is 0 Å². The van der Waals surface area contributed by atoms with Gasteiger partial charge in [0.2, 0.25) is 0 Å². The summed E-state index contributed by atoms with van der Waals surface area (Å²) >= 11 is 0. The molecular formula is C10H21-. The molecule has 0 rings (SSSR count). The van der Waals surface area contributed by atoms with Crippen molar-refractivity contribution in [2.75, 3.05) is 0 Å². The van der Waals surface area contributed by atoms with Crippen LogP contribution >= 0.6 is 0 Å². The normalized spacial score (nSPS) is 10.2. The van der Waals surface area contributed by atoms with Crippen LogP contribution in [0.1, 0.15) is 58.3 Å². The third-order valence-corrected chi connectivity index (χ3v) is 1.85. The zero-order valence-corrected chi connectivity index (χ0v) is 7.36. The molecule has 0 unspecified atom stereocenters. The van der Waals surface area contributed by atoms with Gasteiger partial charge in [-0.15, -0.1) is 0 Å². The average molecular weight is 141 g/mol. The molecule has 0 aromatic carbocycles.